The Kier molecular flexibility index (Phi) is 59.4. The van der Waals surface area contributed by atoms with E-state index < -0.39 is 97.5 Å². The summed E-state index contributed by atoms with van der Waals surface area (Å²) in [5, 5.41) is 10.6. The van der Waals surface area contributed by atoms with Gasteiger partial charge < -0.3 is 33.8 Å². The minimum atomic E-state index is -4.95. The van der Waals surface area contributed by atoms with Crippen LogP contribution in [0.25, 0.3) is 0 Å². The van der Waals surface area contributed by atoms with Crippen molar-refractivity contribution < 1.29 is 80.2 Å². The van der Waals surface area contributed by atoms with E-state index in [2.05, 4.69) is 55.4 Å². The lowest BCUT2D eigenvalue weighted by Gasteiger charge is -2.21. The molecule has 0 aromatic heterocycles. The van der Waals surface area contributed by atoms with Gasteiger partial charge >= 0.3 is 39.5 Å². The third-order valence-electron chi connectivity index (χ3n) is 16.7. The van der Waals surface area contributed by atoms with Crippen molar-refractivity contribution in [2.75, 3.05) is 39.6 Å². The molecule has 0 spiro atoms. The lowest BCUT2D eigenvalue weighted by Crippen LogP contribution is -2.30. The Balaban J connectivity index is 5.28. The van der Waals surface area contributed by atoms with Crippen LogP contribution in [0.2, 0.25) is 0 Å². The van der Waals surface area contributed by atoms with Gasteiger partial charge in [0.05, 0.1) is 26.4 Å². The first-order valence-corrected chi connectivity index (χ1v) is 39.7. The number of ether oxygens (including phenoxy) is 4. The zero-order valence-corrected chi connectivity index (χ0v) is 60.6. The second-order valence-electron chi connectivity index (χ2n) is 27.3. The first-order valence-electron chi connectivity index (χ1n) is 36.7. The SMILES string of the molecule is CCC(C)CCCCCCCCCCCCC(=O)O[C@H](COC(=O)CCCCCCCCCCCC(C)C)COP(=O)(O)OCC(O)COP(=O)(O)OC[C@@H](COC(=O)CCCCCCCCCCC(C)C)OC(=O)CCCCCCCCCCCCC(C)C. The molecular weight excluding hydrogens is 1190 g/mol. The first kappa shape index (κ1) is 88.1. The minimum Gasteiger partial charge on any atom is -0.462 e. The average Bonchev–Trinajstić information content (AvgIpc) is 3.23. The molecular formula is C71H138O17P2. The first-order chi connectivity index (χ1) is 43.1. The Morgan fingerprint density at radius 2 is 0.533 bits per heavy atom. The molecule has 17 nitrogen and oxygen atoms in total. The van der Waals surface area contributed by atoms with Crippen LogP contribution in [0, 0.1) is 23.7 Å². The number of hydrogen-bond donors (Lipinski definition) is 3. The highest BCUT2D eigenvalue weighted by Gasteiger charge is 2.30. The van der Waals surface area contributed by atoms with E-state index in [1.807, 2.05) is 0 Å². The number of unbranched alkanes of at least 4 members (excludes halogenated alkanes) is 33. The largest absolute Gasteiger partial charge is 0.472 e. The van der Waals surface area contributed by atoms with Crippen molar-refractivity contribution in [3.8, 4) is 0 Å². The number of rotatable bonds is 68. The third-order valence-corrected chi connectivity index (χ3v) is 18.6. The Hall–Kier alpha value is -1.94. The van der Waals surface area contributed by atoms with Gasteiger partial charge in [0.25, 0.3) is 0 Å². The van der Waals surface area contributed by atoms with Crippen LogP contribution in [0.15, 0.2) is 0 Å². The number of phosphoric ester groups is 2. The van der Waals surface area contributed by atoms with Crippen LogP contribution in [-0.2, 0) is 65.4 Å². The molecule has 0 saturated heterocycles. The number of carbonyl (C=O) groups excluding carboxylic acids is 4. The molecule has 0 heterocycles. The second-order valence-corrected chi connectivity index (χ2v) is 30.2. The van der Waals surface area contributed by atoms with Crippen LogP contribution in [0.1, 0.15) is 351 Å². The van der Waals surface area contributed by atoms with Gasteiger partial charge in [-0.1, -0.05) is 299 Å². The maximum absolute atomic E-state index is 13.0. The number of hydrogen-bond acceptors (Lipinski definition) is 15. The number of aliphatic hydroxyl groups excluding tert-OH is 1. The van der Waals surface area contributed by atoms with Crippen LogP contribution in [-0.4, -0.2) is 96.7 Å². The molecule has 0 bridgehead atoms. The summed E-state index contributed by atoms with van der Waals surface area (Å²) < 4.78 is 68.3. The standard InChI is InChI=1S/C71H138O17P2/c1-9-64(8)50-42-34-26-17-11-13-19-30-38-46-54-71(76)87-66(57-81-68(73)51-43-35-27-20-14-16-24-32-40-48-62(4)5)59-85-89(77,78)83-55-65(72)56-84-90(79,80)86-60-67(58-82-69(74)52-44-36-28-22-21-25-33-41-49-63(6)7)88-70(75)53-45-37-29-18-12-10-15-23-31-39-47-61(2)3/h61-67,72H,9-60H2,1-8H3,(H,77,78)(H,79,80)/t64?,65?,66-,67-/m1/s1. The van der Waals surface area contributed by atoms with E-state index in [-0.39, 0.29) is 25.7 Å². The van der Waals surface area contributed by atoms with Crippen molar-refractivity contribution in [2.45, 2.75) is 369 Å². The fourth-order valence-electron chi connectivity index (χ4n) is 10.6. The molecule has 0 fully saturated rings. The lowest BCUT2D eigenvalue weighted by atomic mass is 9.99. The fourth-order valence-corrected chi connectivity index (χ4v) is 12.2. The van der Waals surface area contributed by atoms with Gasteiger partial charge in [0.2, 0.25) is 0 Å². The Bertz CT molecular complexity index is 1780. The predicted octanol–water partition coefficient (Wildman–Crippen LogP) is 20.1. The van der Waals surface area contributed by atoms with Crippen LogP contribution >= 0.6 is 15.6 Å². The molecule has 0 amide bonds. The van der Waals surface area contributed by atoms with E-state index in [0.717, 1.165) is 114 Å². The number of esters is 4. The van der Waals surface area contributed by atoms with E-state index in [1.165, 1.54) is 154 Å². The summed E-state index contributed by atoms with van der Waals surface area (Å²) >= 11 is 0. The van der Waals surface area contributed by atoms with Gasteiger partial charge in [0.15, 0.2) is 12.2 Å². The molecule has 0 radical (unpaired) electrons. The molecule has 0 aliphatic carbocycles. The maximum atomic E-state index is 13.0. The van der Waals surface area contributed by atoms with E-state index in [4.69, 9.17) is 37.0 Å². The molecule has 90 heavy (non-hydrogen) atoms. The van der Waals surface area contributed by atoms with Crippen molar-refractivity contribution in [2.24, 2.45) is 23.7 Å². The van der Waals surface area contributed by atoms with Crippen LogP contribution in [0.4, 0.5) is 0 Å². The number of aliphatic hydroxyl groups is 1. The third kappa shape index (κ3) is 63.5. The van der Waals surface area contributed by atoms with Crippen molar-refractivity contribution >= 4 is 39.5 Å². The number of phosphoric acid groups is 2. The summed E-state index contributed by atoms with van der Waals surface area (Å²) in [6.45, 7) is 14.1. The van der Waals surface area contributed by atoms with Crippen molar-refractivity contribution in [3.05, 3.63) is 0 Å². The van der Waals surface area contributed by atoms with E-state index in [9.17, 15) is 43.2 Å². The normalized spacial score (nSPS) is 14.6. The molecule has 3 N–H and O–H groups in total. The van der Waals surface area contributed by atoms with Gasteiger partial charge in [0, 0.05) is 25.7 Å². The van der Waals surface area contributed by atoms with Crippen molar-refractivity contribution in [1.82, 2.24) is 0 Å². The summed E-state index contributed by atoms with van der Waals surface area (Å²) in [7, 11) is -9.91. The smallest absolute Gasteiger partial charge is 0.462 e. The molecule has 6 atom stereocenters. The van der Waals surface area contributed by atoms with E-state index in [1.54, 1.807) is 0 Å². The van der Waals surface area contributed by atoms with Gasteiger partial charge in [-0.3, -0.25) is 37.3 Å². The summed E-state index contributed by atoms with van der Waals surface area (Å²) in [4.78, 5) is 72.6. The summed E-state index contributed by atoms with van der Waals surface area (Å²) in [5.41, 5.74) is 0. The molecule has 19 heteroatoms. The van der Waals surface area contributed by atoms with Gasteiger partial charge in [-0.25, -0.2) is 9.13 Å². The van der Waals surface area contributed by atoms with Crippen LogP contribution < -0.4 is 0 Å². The Labute approximate surface area is 549 Å². The Morgan fingerprint density at radius 1 is 0.311 bits per heavy atom. The van der Waals surface area contributed by atoms with E-state index >= 15 is 0 Å². The lowest BCUT2D eigenvalue weighted by molar-refractivity contribution is -0.161. The van der Waals surface area contributed by atoms with Crippen molar-refractivity contribution in [3.63, 3.8) is 0 Å². The van der Waals surface area contributed by atoms with Crippen LogP contribution in [0.3, 0.4) is 0 Å². The van der Waals surface area contributed by atoms with Crippen LogP contribution in [0.5, 0.6) is 0 Å². The zero-order chi connectivity index (χ0) is 66.8. The van der Waals surface area contributed by atoms with Gasteiger partial charge in [-0.05, 0) is 49.4 Å². The van der Waals surface area contributed by atoms with Gasteiger partial charge in [-0.2, -0.15) is 0 Å². The van der Waals surface area contributed by atoms with Gasteiger partial charge in [-0.15, -0.1) is 0 Å². The minimum absolute atomic E-state index is 0.105. The average molecular weight is 1330 g/mol. The highest BCUT2D eigenvalue weighted by Crippen LogP contribution is 2.45. The molecule has 4 unspecified atom stereocenters. The van der Waals surface area contributed by atoms with E-state index in [0.29, 0.717) is 25.7 Å². The van der Waals surface area contributed by atoms with Gasteiger partial charge in [0.1, 0.15) is 19.3 Å². The maximum Gasteiger partial charge on any atom is 0.472 e. The number of carbonyl (C=O) groups is 4. The quantitative estimate of drug-likeness (QED) is 0.0222. The zero-order valence-electron chi connectivity index (χ0n) is 58.8. The fraction of sp³-hybridized carbons (Fsp3) is 0.944. The monoisotopic (exact) mass is 1320 g/mol. The highest BCUT2D eigenvalue weighted by molar-refractivity contribution is 7.47. The molecule has 0 aliphatic heterocycles. The molecule has 0 aromatic rings. The second kappa shape index (κ2) is 60.7. The summed E-state index contributed by atoms with van der Waals surface area (Å²) in [5.74, 6) is 0.897. The molecule has 534 valence electrons. The summed E-state index contributed by atoms with van der Waals surface area (Å²) in [6.07, 6.45) is 43.0. The Morgan fingerprint density at radius 3 is 0.789 bits per heavy atom. The molecule has 0 aliphatic rings. The predicted molar refractivity (Wildman–Crippen MR) is 363 cm³/mol. The summed E-state index contributed by atoms with van der Waals surface area (Å²) in [6, 6.07) is 0. The topological polar surface area (TPSA) is 237 Å². The van der Waals surface area contributed by atoms with Crippen molar-refractivity contribution in [1.29, 1.82) is 0 Å². The molecule has 0 rings (SSSR count). The molecule has 0 aromatic carbocycles. The highest BCUT2D eigenvalue weighted by atomic mass is 31.2. The molecule has 0 saturated carbocycles.